The number of hydrogen-bond donors (Lipinski definition) is 1. The van der Waals surface area contributed by atoms with E-state index in [9.17, 15) is 0 Å². The van der Waals surface area contributed by atoms with Crippen LogP contribution >= 0.6 is 31.9 Å². The van der Waals surface area contributed by atoms with E-state index >= 15 is 0 Å². The topological polar surface area (TPSA) is 20.2 Å². The minimum absolute atomic E-state index is 0.0457. The van der Waals surface area contributed by atoms with E-state index < -0.39 is 0 Å². The van der Waals surface area contributed by atoms with Gasteiger partial charge in [0, 0.05) is 8.95 Å². The highest BCUT2D eigenvalue weighted by Crippen LogP contribution is 2.33. The lowest BCUT2D eigenvalue weighted by Gasteiger charge is -2.07. The van der Waals surface area contributed by atoms with Crippen LogP contribution in [0, 0.1) is 0 Å². The average molecular weight is 316 g/mol. The Balaban J connectivity index is 2.87. The van der Waals surface area contributed by atoms with Gasteiger partial charge in [0.05, 0.1) is 6.61 Å². The summed E-state index contributed by atoms with van der Waals surface area (Å²) >= 11 is 6.99. The van der Waals surface area contributed by atoms with Crippen LogP contribution in [0.3, 0.4) is 0 Å². The molecule has 0 bridgehead atoms. The Morgan fingerprint density at radius 2 is 1.71 bits per heavy atom. The summed E-state index contributed by atoms with van der Waals surface area (Å²) in [6.45, 7) is 0.0457. The fraction of sp³-hybridized carbons (Fsp3) is 0.0909. The molecular weight excluding hydrogens is 308 g/mol. The summed E-state index contributed by atoms with van der Waals surface area (Å²) < 4.78 is 1.99. The number of halogens is 2. The van der Waals surface area contributed by atoms with Crippen molar-refractivity contribution in [2.75, 3.05) is 0 Å². The van der Waals surface area contributed by atoms with Crippen molar-refractivity contribution in [2.45, 2.75) is 6.61 Å². The smallest absolute Gasteiger partial charge is 0.0693 e. The summed E-state index contributed by atoms with van der Waals surface area (Å²) in [7, 11) is 0. The minimum Gasteiger partial charge on any atom is -0.392 e. The lowest BCUT2D eigenvalue weighted by atomic mass is 10.1. The van der Waals surface area contributed by atoms with Gasteiger partial charge in [-0.3, -0.25) is 0 Å². The minimum atomic E-state index is 0.0457. The van der Waals surface area contributed by atoms with Gasteiger partial charge in [-0.15, -0.1) is 0 Å². The quantitative estimate of drug-likeness (QED) is 0.847. The third-order valence-electron chi connectivity index (χ3n) is 2.17. The van der Waals surface area contributed by atoms with Gasteiger partial charge in [-0.25, -0.2) is 0 Å². The van der Waals surface area contributed by atoms with Crippen LogP contribution in [0.5, 0.6) is 0 Å². The number of aliphatic hydroxyl groups excluding tert-OH is 1. The summed E-state index contributed by atoms with van der Waals surface area (Å²) in [6.07, 6.45) is 0. The zero-order valence-corrected chi connectivity index (χ0v) is 10.5. The summed E-state index contributed by atoms with van der Waals surface area (Å²) in [4.78, 5) is 0. The van der Waals surface area contributed by atoms with Crippen molar-refractivity contribution >= 4 is 42.6 Å². The molecule has 0 spiro atoms. The van der Waals surface area contributed by atoms with E-state index in [2.05, 4.69) is 31.9 Å². The van der Waals surface area contributed by atoms with Crippen LogP contribution in [0.25, 0.3) is 10.8 Å². The molecule has 2 aromatic rings. The van der Waals surface area contributed by atoms with Crippen LogP contribution in [-0.2, 0) is 6.61 Å². The summed E-state index contributed by atoms with van der Waals surface area (Å²) in [5.41, 5.74) is 0.899. The molecule has 0 saturated carbocycles. The first-order valence-electron chi connectivity index (χ1n) is 4.20. The maximum Gasteiger partial charge on any atom is 0.0693 e. The molecule has 0 atom stereocenters. The summed E-state index contributed by atoms with van der Waals surface area (Å²) in [5, 5.41) is 11.4. The fourth-order valence-corrected chi connectivity index (χ4v) is 2.67. The van der Waals surface area contributed by atoms with Crippen molar-refractivity contribution in [1.29, 1.82) is 0 Å². The van der Waals surface area contributed by atoms with Gasteiger partial charge in [0.25, 0.3) is 0 Å². The molecule has 1 nitrogen and oxygen atoms in total. The normalized spacial score (nSPS) is 10.8. The second-order valence-electron chi connectivity index (χ2n) is 3.04. The highest BCUT2D eigenvalue weighted by Gasteiger charge is 2.07. The SMILES string of the molecule is OCc1cc(Br)c2ccccc2c1Br. The molecule has 2 rings (SSSR count). The molecule has 0 radical (unpaired) electrons. The Bertz CT molecular complexity index is 480. The van der Waals surface area contributed by atoms with Crippen LogP contribution in [0.4, 0.5) is 0 Å². The van der Waals surface area contributed by atoms with Crippen molar-refractivity contribution in [1.82, 2.24) is 0 Å². The standard InChI is InChI=1S/C11H8Br2O/c12-10-5-7(6-14)11(13)9-4-2-1-3-8(9)10/h1-5,14H,6H2. The van der Waals surface area contributed by atoms with Crippen molar-refractivity contribution in [3.05, 3.63) is 44.8 Å². The Morgan fingerprint density at radius 1 is 1.07 bits per heavy atom. The van der Waals surface area contributed by atoms with Crippen LogP contribution < -0.4 is 0 Å². The molecule has 0 aliphatic rings. The molecule has 1 N–H and O–H groups in total. The van der Waals surface area contributed by atoms with E-state index in [1.54, 1.807) is 0 Å². The zero-order chi connectivity index (χ0) is 10.1. The highest BCUT2D eigenvalue weighted by atomic mass is 79.9. The van der Waals surface area contributed by atoms with Crippen molar-refractivity contribution < 1.29 is 5.11 Å². The van der Waals surface area contributed by atoms with Gasteiger partial charge in [0.1, 0.15) is 0 Å². The van der Waals surface area contributed by atoms with Gasteiger partial charge in [-0.2, -0.15) is 0 Å². The van der Waals surface area contributed by atoms with Crippen molar-refractivity contribution in [3.8, 4) is 0 Å². The molecule has 2 aromatic carbocycles. The first-order chi connectivity index (χ1) is 6.74. The first kappa shape index (κ1) is 10.1. The molecule has 14 heavy (non-hydrogen) atoms. The van der Waals surface area contributed by atoms with Crippen LogP contribution in [0.2, 0.25) is 0 Å². The Labute approximate surface area is 99.0 Å². The van der Waals surface area contributed by atoms with Crippen LogP contribution in [0.15, 0.2) is 39.3 Å². The van der Waals surface area contributed by atoms with Crippen LogP contribution in [-0.4, -0.2) is 5.11 Å². The average Bonchev–Trinajstić information content (AvgIpc) is 2.23. The number of aliphatic hydroxyl groups is 1. The van der Waals surface area contributed by atoms with E-state index in [1.165, 1.54) is 0 Å². The van der Waals surface area contributed by atoms with Gasteiger partial charge in [0.15, 0.2) is 0 Å². The molecule has 0 aromatic heterocycles. The maximum absolute atomic E-state index is 9.15. The molecule has 0 aliphatic carbocycles. The van der Waals surface area contributed by atoms with Gasteiger partial charge < -0.3 is 5.11 Å². The lowest BCUT2D eigenvalue weighted by Crippen LogP contribution is -1.87. The molecule has 0 amide bonds. The number of hydrogen-bond acceptors (Lipinski definition) is 1. The number of benzene rings is 2. The monoisotopic (exact) mass is 314 g/mol. The zero-order valence-electron chi connectivity index (χ0n) is 7.30. The second-order valence-corrected chi connectivity index (χ2v) is 4.68. The summed E-state index contributed by atoms with van der Waals surface area (Å²) in [6, 6.07) is 10.00. The van der Waals surface area contributed by atoms with E-state index in [1.807, 2.05) is 30.3 Å². The van der Waals surface area contributed by atoms with Gasteiger partial charge >= 0.3 is 0 Å². The molecule has 0 saturated heterocycles. The largest absolute Gasteiger partial charge is 0.392 e. The molecule has 3 heteroatoms. The molecule has 0 fully saturated rings. The van der Waals surface area contributed by atoms with E-state index in [-0.39, 0.29) is 6.61 Å². The predicted octanol–water partition coefficient (Wildman–Crippen LogP) is 3.86. The van der Waals surface area contributed by atoms with E-state index in [4.69, 9.17) is 5.11 Å². The predicted molar refractivity (Wildman–Crippen MR) is 65.3 cm³/mol. The Morgan fingerprint density at radius 3 is 2.36 bits per heavy atom. The Hall–Kier alpha value is -0.380. The molecule has 0 heterocycles. The van der Waals surface area contributed by atoms with Crippen molar-refractivity contribution in [2.24, 2.45) is 0 Å². The molecule has 72 valence electrons. The molecule has 0 unspecified atom stereocenters. The lowest BCUT2D eigenvalue weighted by molar-refractivity contribution is 0.281. The second kappa shape index (κ2) is 4.01. The number of fused-ring (bicyclic) bond motifs is 1. The third-order valence-corrected chi connectivity index (χ3v) is 3.77. The Kier molecular flexibility index (Phi) is 2.91. The highest BCUT2D eigenvalue weighted by molar-refractivity contribution is 9.11. The molecular formula is C11H8Br2O. The maximum atomic E-state index is 9.15. The summed E-state index contributed by atoms with van der Waals surface area (Å²) in [5.74, 6) is 0. The van der Waals surface area contributed by atoms with Gasteiger partial charge in [0.2, 0.25) is 0 Å². The van der Waals surface area contributed by atoms with Crippen LogP contribution in [0.1, 0.15) is 5.56 Å². The molecule has 0 aliphatic heterocycles. The van der Waals surface area contributed by atoms with E-state index in [0.29, 0.717) is 0 Å². The van der Waals surface area contributed by atoms with E-state index in [0.717, 1.165) is 25.3 Å². The van der Waals surface area contributed by atoms with Gasteiger partial charge in [-0.1, -0.05) is 40.2 Å². The first-order valence-corrected chi connectivity index (χ1v) is 5.79. The third kappa shape index (κ3) is 1.60. The fourth-order valence-electron chi connectivity index (χ4n) is 1.46. The van der Waals surface area contributed by atoms with Gasteiger partial charge in [-0.05, 0) is 38.3 Å². The van der Waals surface area contributed by atoms with Crippen molar-refractivity contribution in [3.63, 3.8) is 0 Å². The number of rotatable bonds is 1.